The molecule has 10 nitrogen and oxygen atoms in total. The number of benzene rings is 2. The molecule has 2 aliphatic rings. The van der Waals surface area contributed by atoms with Gasteiger partial charge in [0, 0.05) is 45.0 Å². The van der Waals surface area contributed by atoms with Crippen LogP contribution in [-0.2, 0) is 32.1 Å². The third-order valence-electron chi connectivity index (χ3n) is 8.21. The number of sulfonamides is 1. The van der Waals surface area contributed by atoms with Crippen molar-refractivity contribution in [1.29, 1.82) is 0 Å². The molecule has 278 valence electrons. The van der Waals surface area contributed by atoms with E-state index in [1.807, 2.05) is 4.90 Å². The van der Waals surface area contributed by atoms with Gasteiger partial charge in [-0.05, 0) is 60.2 Å². The molecule has 0 spiro atoms. The Hall–Kier alpha value is -3.44. The Bertz CT molecular complexity index is 1790. The van der Waals surface area contributed by atoms with Crippen molar-refractivity contribution in [3.05, 3.63) is 81.1 Å². The highest BCUT2D eigenvalue weighted by Crippen LogP contribution is 2.39. The molecule has 0 bridgehead atoms. The SMILES string of the molecule is CS(=O)(=O)N(CCN1CCOCC1)c1cc(C(=O)O[C@@H](Cc2c(Cl)cncc2Cl)c2ccc(OC(F)F)c(OCC3CC3)c2)cc(C(F)(F)F)c1. The molecule has 1 atom stereocenters. The molecule has 0 amide bonds. The van der Waals surface area contributed by atoms with Gasteiger partial charge in [0.2, 0.25) is 10.0 Å². The largest absolute Gasteiger partial charge is 0.489 e. The number of morpholine rings is 1. The van der Waals surface area contributed by atoms with Crippen LogP contribution in [0.25, 0.3) is 0 Å². The van der Waals surface area contributed by atoms with Crippen LogP contribution >= 0.6 is 23.2 Å². The number of hydrogen-bond donors (Lipinski definition) is 0. The third kappa shape index (κ3) is 10.8. The topological polar surface area (TPSA) is 108 Å². The number of pyridine rings is 1. The Kier molecular flexibility index (Phi) is 12.5. The van der Waals surface area contributed by atoms with Crippen molar-refractivity contribution < 1.29 is 54.1 Å². The fraction of sp³-hybridized carbons (Fsp3) is 0.455. The van der Waals surface area contributed by atoms with Crippen LogP contribution in [-0.4, -0.2) is 83.1 Å². The number of carbonyl (C=O) groups excluding carboxylic acids is 1. The predicted octanol–water partition coefficient (Wildman–Crippen LogP) is 7.04. The van der Waals surface area contributed by atoms with Crippen molar-refractivity contribution in [3.8, 4) is 11.5 Å². The van der Waals surface area contributed by atoms with Gasteiger partial charge in [-0.25, -0.2) is 13.2 Å². The van der Waals surface area contributed by atoms with E-state index in [1.54, 1.807) is 0 Å². The van der Waals surface area contributed by atoms with E-state index in [0.717, 1.165) is 29.5 Å². The zero-order valence-electron chi connectivity index (χ0n) is 27.2. The highest BCUT2D eigenvalue weighted by Gasteiger charge is 2.34. The average molecular weight is 783 g/mol. The van der Waals surface area contributed by atoms with Crippen molar-refractivity contribution >= 4 is 44.9 Å². The van der Waals surface area contributed by atoms with Crippen molar-refractivity contribution in [2.45, 2.75) is 38.2 Å². The minimum absolute atomic E-state index is 0.0712. The molecule has 1 aliphatic carbocycles. The van der Waals surface area contributed by atoms with Gasteiger partial charge in [-0.15, -0.1) is 0 Å². The van der Waals surface area contributed by atoms with E-state index in [1.165, 1.54) is 30.6 Å². The number of nitrogens with zero attached hydrogens (tertiary/aromatic N) is 3. The highest BCUT2D eigenvalue weighted by molar-refractivity contribution is 7.92. The number of carbonyl (C=O) groups is 1. The van der Waals surface area contributed by atoms with Crippen molar-refractivity contribution in [3.63, 3.8) is 0 Å². The predicted molar refractivity (Wildman–Crippen MR) is 178 cm³/mol. The number of aromatic nitrogens is 1. The van der Waals surface area contributed by atoms with E-state index in [0.29, 0.717) is 38.4 Å². The van der Waals surface area contributed by atoms with Crippen molar-refractivity contribution in [2.75, 3.05) is 56.6 Å². The molecule has 2 fully saturated rings. The van der Waals surface area contributed by atoms with Gasteiger partial charge in [0.15, 0.2) is 11.5 Å². The van der Waals surface area contributed by atoms with Gasteiger partial charge in [-0.3, -0.25) is 14.2 Å². The molecule has 2 heterocycles. The first-order chi connectivity index (χ1) is 24.1. The van der Waals surface area contributed by atoms with E-state index in [-0.39, 0.29) is 64.7 Å². The Balaban J connectivity index is 1.52. The standard InChI is InChI=1S/C33H34Cl2F5N3O7S/c1-51(45,46)43(7-6-42-8-10-47-11-9-42)24-13-22(12-23(15-24)33(38,39)40)31(44)49-29(16-25-26(34)17-41-18-27(25)35)21-4-5-28(50-32(36)37)30(14-21)48-19-20-2-3-20/h4-5,12-15,17-18,20,29,32H,2-3,6-11,16,19H2,1H3/t29-/m0/s1. The van der Waals surface area contributed by atoms with Gasteiger partial charge < -0.3 is 18.9 Å². The zero-order valence-corrected chi connectivity index (χ0v) is 29.5. The van der Waals surface area contributed by atoms with Crippen LogP contribution in [0.15, 0.2) is 48.8 Å². The third-order valence-corrected chi connectivity index (χ3v) is 10.1. The average Bonchev–Trinajstić information content (AvgIpc) is 3.89. The lowest BCUT2D eigenvalue weighted by molar-refractivity contribution is -0.137. The van der Waals surface area contributed by atoms with Crippen molar-refractivity contribution in [1.82, 2.24) is 9.88 Å². The second kappa shape index (κ2) is 16.5. The summed E-state index contributed by atoms with van der Waals surface area (Å²) in [5.74, 6) is -1.37. The summed E-state index contributed by atoms with van der Waals surface area (Å²) in [6.45, 7) is -1.11. The van der Waals surface area contributed by atoms with Crippen LogP contribution in [0.5, 0.6) is 11.5 Å². The summed E-state index contributed by atoms with van der Waals surface area (Å²) in [6, 6.07) is 6.07. The summed E-state index contributed by atoms with van der Waals surface area (Å²) in [5, 5.41) is 0.189. The number of ether oxygens (including phenoxy) is 4. The van der Waals surface area contributed by atoms with E-state index in [4.69, 9.17) is 37.4 Å². The summed E-state index contributed by atoms with van der Waals surface area (Å²) < 4.78 is 117. The molecule has 1 aliphatic heterocycles. The zero-order chi connectivity index (χ0) is 36.9. The molecule has 1 saturated heterocycles. The molecule has 3 aromatic rings. The first-order valence-electron chi connectivity index (χ1n) is 15.8. The number of anilines is 1. The number of hydrogen-bond acceptors (Lipinski definition) is 9. The fourth-order valence-electron chi connectivity index (χ4n) is 5.35. The summed E-state index contributed by atoms with van der Waals surface area (Å²) in [6.07, 6.45) is -1.27. The van der Waals surface area contributed by atoms with Crippen LogP contribution in [0.4, 0.5) is 27.6 Å². The van der Waals surface area contributed by atoms with Gasteiger partial charge in [0.1, 0.15) is 6.10 Å². The maximum Gasteiger partial charge on any atom is 0.416 e. The first-order valence-corrected chi connectivity index (χ1v) is 18.4. The lowest BCUT2D eigenvalue weighted by Gasteiger charge is -2.30. The second-order valence-corrected chi connectivity index (χ2v) is 14.8. The lowest BCUT2D eigenvalue weighted by atomic mass is 10.0. The minimum Gasteiger partial charge on any atom is -0.489 e. The quantitative estimate of drug-likeness (QED) is 0.119. The normalized spacial score (nSPS) is 16.2. The van der Waals surface area contributed by atoms with Gasteiger partial charge in [0.25, 0.3) is 0 Å². The van der Waals surface area contributed by atoms with Crippen molar-refractivity contribution in [2.24, 2.45) is 5.92 Å². The van der Waals surface area contributed by atoms with E-state index >= 15 is 0 Å². The smallest absolute Gasteiger partial charge is 0.416 e. The Labute approximate surface area is 301 Å². The summed E-state index contributed by atoms with van der Waals surface area (Å²) in [4.78, 5) is 19.6. The van der Waals surface area contributed by atoms with E-state index in [9.17, 15) is 35.2 Å². The van der Waals surface area contributed by atoms with Gasteiger partial charge in [-0.2, -0.15) is 22.0 Å². The summed E-state index contributed by atoms with van der Waals surface area (Å²) in [5.41, 5.74) is -1.81. The molecular formula is C33H34Cl2F5N3O7S. The Morgan fingerprint density at radius 3 is 2.35 bits per heavy atom. The molecule has 0 radical (unpaired) electrons. The monoisotopic (exact) mass is 781 g/mol. The van der Waals surface area contributed by atoms with Crippen LogP contribution in [0.3, 0.4) is 0 Å². The molecule has 51 heavy (non-hydrogen) atoms. The molecule has 1 aromatic heterocycles. The van der Waals surface area contributed by atoms with E-state index in [2.05, 4.69) is 9.72 Å². The number of halogens is 7. The highest BCUT2D eigenvalue weighted by atomic mass is 35.5. The molecule has 18 heteroatoms. The lowest BCUT2D eigenvalue weighted by Crippen LogP contribution is -2.43. The summed E-state index contributed by atoms with van der Waals surface area (Å²) >= 11 is 12.7. The molecule has 0 unspecified atom stereocenters. The Morgan fingerprint density at radius 1 is 1.06 bits per heavy atom. The molecule has 5 rings (SSSR count). The van der Waals surface area contributed by atoms with Gasteiger partial charge in [-0.1, -0.05) is 29.3 Å². The molecule has 2 aromatic carbocycles. The van der Waals surface area contributed by atoms with Gasteiger partial charge in [0.05, 0.1) is 52.9 Å². The first kappa shape index (κ1) is 38.8. The van der Waals surface area contributed by atoms with Crippen LogP contribution in [0.1, 0.15) is 46.0 Å². The number of rotatable bonds is 15. The molecule has 0 N–H and O–H groups in total. The van der Waals surface area contributed by atoms with Crippen LogP contribution < -0.4 is 13.8 Å². The van der Waals surface area contributed by atoms with Crippen LogP contribution in [0.2, 0.25) is 10.0 Å². The maximum atomic E-state index is 14.2. The van der Waals surface area contributed by atoms with Gasteiger partial charge >= 0.3 is 18.8 Å². The van der Waals surface area contributed by atoms with Crippen LogP contribution in [0, 0.1) is 5.92 Å². The second-order valence-electron chi connectivity index (χ2n) is 12.1. The molecule has 1 saturated carbocycles. The Morgan fingerprint density at radius 2 is 1.75 bits per heavy atom. The molecular weight excluding hydrogens is 748 g/mol. The number of alkyl halides is 5. The minimum atomic E-state index is -4.97. The maximum absolute atomic E-state index is 14.2. The fourth-order valence-corrected chi connectivity index (χ4v) is 6.77. The number of esters is 1. The summed E-state index contributed by atoms with van der Waals surface area (Å²) in [7, 11) is -4.12. The van der Waals surface area contributed by atoms with E-state index < -0.39 is 51.7 Å².